The Bertz CT molecular complexity index is 247. The number of carbonyl (C=O) groups excluding carboxylic acids is 1. The molecule has 1 saturated heterocycles. The number of likely N-dealkylation sites (N-methyl/N-ethyl adjacent to an activating group) is 1. The molecule has 1 aliphatic rings. The van der Waals surface area contributed by atoms with E-state index in [0.717, 1.165) is 26.1 Å². The predicted octanol–water partition coefficient (Wildman–Crippen LogP) is 1.08. The highest BCUT2D eigenvalue weighted by Gasteiger charge is 2.19. The second-order valence-electron chi connectivity index (χ2n) is 6.08. The van der Waals surface area contributed by atoms with Gasteiger partial charge in [0.2, 0.25) is 5.91 Å². The molecular weight excluding hydrogens is 226 g/mol. The van der Waals surface area contributed by atoms with E-state index >= 15 is 0 Å². The van der Waals surface area contributed by atoms with Gasteiger partial charge in [0, 0.05) is 19.0 Å². The third-order valence-corrected chi connectivity index (χ3v) is 3.65. The lowest BCUT2D eigenvalue weighted by Crippen LogP contribution is -2.45. The van der Waals surface area contributed by atoms with E-state index in [2.05, 4.69) is 29.4 Å². The van der Waals surface area contributed by atoms with Crippen LogP contribution >= 0.6 is 0 Å². The smallest absolute Gasteiger partial charge is 0.220 e. The van der Waals surface area contributed by atoms with Crippen LogP contribution in [-0.4, -0.2) is 50.6 Å². The van der Waals surface area contributed by atoms with Crippen LogP contribution in [0.3, 0.4) is 0 Å². The second kappa shape index (κ2) is 7.74. The van der Waals surface area contributed by atoms with Gasteiger partial charge in [-0.3, -0.25) is 4.79 Å². The van der Waals surface area contributed by atoms with Gasteiger partial charge in [0.1, 0.15) is 0 Å². The van der Waals surface area contributed by atoms with Gasteiger partial charge in [0.25, 0.3) is 0 Å². The Hall–Kier alpha value is -0.610. The number of hydrogen-bond donors (Lipinski definition) is 2. The third-order valence-electron chi connectivity index (χ3n) is 3.65. The Morgan fingerprint density at radius 2 is 2.17 bits per heavy atom. The van der Waals surface area contributed by atoms with E-state index in [0.29, 0.717) is 18.3 Å². The molecule has 1 aliphatic heterocycles. The van der Waals surface area contributed by atoms with E-state index in [-0.39, 0.29) is 11.9 Å². The van der Waals surface area contributed by atoms with Gasteiger partial charge in [-0.15, -0.1) is 0 Å². The standard InChI is InChI=1S/C14H29N3O/c1-11(2)13(10-17(3)4)16-14(18)6-5-12-7-8-15-9-12/h11-13,15H,5-10H2,1-4H3,(H,16,18). The topological polar surface area (TPSA) is 44.4 Å². The molecule has 2 N–H and O–H groups in total. The maximum absolute atomic E-state index is 11.9. The summed E-state index contributed by atoms with van der Waals surface area (Å²) in [4.78, 5) is 14.1. The second-order valence-corrected chi connectivity index (χ2v) is 6.08. The molecule has 0 bridgehead atoms. The van der Waals surface area contributed by atoms with Crippen LogP contribution in [-0.2, 0) is 4.79 Å². The van der Waals surface area contributed by atoms with Gasteiger partial charge >= 0.3 is 0 Å². The molecule has 0 aliphatic carbocycles. The van der Waals surface area contributed by atoms with Gasteiger partial charge in [-0.2, -0.15) is 0 Å². The van der Waals surface area contributed by atoms with Crippen LogP contribution < -0.4 is 10.6 Å². The molecule has 1 rings (SSSR count). The Kier molecular flexibility index (Phi) is 6.65. The maximum atomic E-state index is 11.9. The molecule has 0 aromatic rings. The quantitative estimate of drug-likeness (QED) is 0.715. The van der Waals surface area contributed by atoms with Crippen molar-refractivity contribution in [1.29, 1.82) is 0 Å². The van der Waals surface area contributed by atoms with Gasteiger partial charge in [-0.1, -0.05) is 13.8 Å². The molecule has 0 saturated carbocycles. The van der Waals surface area contributed by atoms with Crippen LogP contribution in [0, 0.1) is 11.8 Å². The molecule has 1 heterocycles. The highest BCUT2D eigenvalue weighted by atomic mass is 16.1. The minimum atomic E-state index is 0.211. The zero-order valence-corrected chi connectivity index (χ0v) is 12.3. The SMILES string of the molecule is CC(C)C(CN(C)C)NC(=O)CCC1CCNC1. The van der Waals surface area contributed by atoms with E-state index in [1.54, 1.807) is 0 Å². The third kappa shape index (κ3) is 5.83. The summed E-state index contributed by atoms with van der Waals surface area (Å²) < 4.78 is 0. The van der Waals surface area contributed by atoms with Crippen LogP contribution in [0.25, 0.3) is 0 Å². The first-order valence-corrected chi connectivity index (χ1v) is 7.14. The van der Waals surface area contributed by atoms with Crippen LogP contribution in [0.2, 0.25) is 0 Å². The lowest BCUT2D eigenvalue weighted by molar-refractivity contribution is -0.122. The largest absolute Gasteiger partial charge is 0.352 e. The van der Waals surface area contributed by atoms with Gasteiger partial charge in [0.05, 0.1) is 0 Å². The zero-order chi connectivity index (χ0) is 13.5. The molecule has 1 amide bonds. The minimum Gasteiger partial charge on any atom is -0.352 e. The van der Waals surface area contributed by atoms with Crippen molar-refractivity contribution in [3.05, 3.63) is 0 Å². The molecule has 106 valence electrons. The minimum absolute atomic E-state index is 0.211. The van der Waals surface area contributed by atoms with Gasteiger partial charge in [-0.25, -0.2) is 0 Å². The molecule has 4 heteroatoms. The fraction of sp³-hybridized carbons (Fsp3) is 0.929. The van der Waals surface area contributed by atoms with Crippen molar-refractivity contribution in [2.24, 2.45) is 11.8 Å². The van der Waals surface area contributed by atoms with Crippen LogP contribution in [0.4, 0.5) is 0 Å². The molecule has 2 unspecified atom stereocenters. The van der Waals surface area contributed by atoms with E-state index in [9.17, 15) is 4.79 Å². The Morgan fingerprint density at radius 1 is 1.44 bits per heavy atom. The summed E-state index contributed by atoms with van der Waals surface area (Å²) in [6.45, 7) is 7.43. The Labute approximate surface area is 111 Å². The monoisotopic (exact) mass is 255 g/mol. The summed E-state index contributed by atoms with van der Waals surface area (Å²) in [5.74, 6) is 1.38. The molecule has 4 nitrogen and oxygen atoms in total. The molecule has 0 aromatic carbocycles. The molecule has 18 heavy (non-hydrogen) atoms. The van der Waals surface area contributed by atoms with Crippen LogP contribution in [0.15, 0.2) is 0 Å². The number of rotatable bonds is 7. The molecule has 0 radical (unpaired) electrons. The van der Waals surface area contributed by atoms with Crippen molar-refractivity contribution in [3.63, 3.8) is 0 Å². The first kappa shape index (κ1) is 15.4. The Morgan fingerprint density at radius 3 is 2.67 bits per heavy atom. The van der Waals surface area contributed by atoms with Crippen molar-refractivity contribution in [2.75, 3.05) is 33.7 Å². The lowest BCUT2D eigenvalue weighted by atomic mass is 10.0. The number of carbonyl (C=O) groups is 1. The summed E-state index contributed by atoms with van der Waals surface area (Å²) in [7, 11) is 4.09. The molecule has 0 aromatic heterocycles. The van der Waals surface area contributed by atoms with Crippen molar-refractivity contribution in [2.45, 2.75) is 39.2 Å². The summed E-state index contributed by atoms with van der Waals surface area (Å²) in [6.07, 6.45) is 2.91. The average molecular weight is 255 g/mol. The summed E-state index contributed by atoms with van der Waals surface area (Å²) >= 11 is 0. The molecule has 0 spiro atoms. The zero-order valence-electron chi connectivity index (χ0n) is 12.3. The highest BCUT2D eigenvalue weighted by Crippen LogP contribution is 2.14. The first-order valence-electron chi connectivity index (χ1n) is 7.14. The number of hydrogen-bond acceptors (Lipinski definition) is 3. The van der Waals surface area contributed by atoms with E-state index in [1.807, 2.05) is 14.1 Å². The van der Waals surface area contributed by atoms with Crippen LogP contribution in [0.5, 0.6) is 0 Å². The summed E-state index contributed by atoms with van der Waals surface area (Å²) in [5.41, 5.74) is 0. The lowest BCUT2D eigenvalue weighted by Gasteiger charge is -2.25. The van der Waals surface area contributed by atoms with Gasteiger partial charge in [-0.05, 0) is 51.9 Å². The predicted molar refractivity (Wildman–Crippen MR) is 75.5 cm³/mol. The number of nitrogens with one attached hydrogen (secondary N) is 2. The van der Waals surface area contributed by atoms with E-state index < -0.39 is 0 Å². The van der Waals surface area contributed by atoms with E-state index in [1.165, 1.54) is 6.42 Å². The molecule has 2 atom stereocenters. The number of amides is 1. The number of nitrogens with zero attached hydrogens (tertiary/aromatic N) is 1. The summed E-state index contributed by atoms with van der Waals surface area (Å²) in [5, 5.41) is 6.51. The van der Waals surface area contributed by atoms with Gasteiger partial charge in [0.15, 0.2) is 0 Å². The molecule has 1 fully saturated rings. The summed E-state index contributed by atoms with van der Waals surface area (Å²) in [6, 6.07) is 0.259. The highest BCUT2D eigenvalue weighted by molar-refractivity contribution is 5.76. The fourth-order valence-corrected chi connectivity index (χ4v) is 2.39. The van der Waals surface area contributed by atoms with Crippen molar-refractivity contribution < 1.29 is 4.79 Å². The van der Waals surface area contributed by atoms with Crippen LogP contribution in [0.1, 0.15) is 33.1 Å². The fourth-order valence-electron chi connectivity index (χ4n) is 2.39. The normalized spacial score (nSPS) is 21.6. The van der Waals surface area contributed by atoms with Crippen molar-refractivity contribution >= 4 is 5.91 Å². The Balaban J connectivity index is 2.26. The first-order chi connectivity index (χ1) is 8.49. The van der Waals surface area contributed by atoms with Crippen molar-refractivity contribution in [1.82, 2.24) is 15.5 Å². The van der Waals surface area contributed by atoms with Gasteiger partial charge < -0.3 is 15.5 Å². The van der Waals surface area contributed by atoms with Crippen molar-refractivity contribution in [3.8, 4) is 0 Å². The average Bonchev–Trinajstić information content (AvgIpc) is 2.77. The van der Waals surface area contributed by atoms with E-state index in [4.69, 9.17) is 0 Å². The maximum Gasteiger partial charge on any atom is 0.220 e. The molecular formula is C14H29N3O.